The normalized spacial score (nSPS) is 21.0. The van der Waals surface area contributed by atoms with Crippen LogP contribution in [0.4, 0.5) is 13.2 Å². The van der Waals surface area contributed by atoms with Crippen LogP contribution in [0.3, 0.4) is 0 Å². The lowest BCUT2D eigenvalue weighted by molar-refractivity contribution is -0.133. The van der Waals surface area contributed by atoms with Crippen molar-refractivity contribution in [3.8, 4) is 0 Å². The Labute approximate surface area is 70.3 Å². The van der Waals surface area contributed by atoms with E-state index in [0.717, 1.165) is 0 Å². The lowest BCUT2D eigenvalue weighted by Crippen LogP contribution is -2.31. The van der Waals surface area contributed by atoms with Crippen LogP contribution >= 0.6 is 0 Å². The fraction of sp³-hybridized carbons (Fsp3) is 1.00. The summed E-state index contributed by atoms with van der Waals surface area (Å²) in [5.41, 5.74) is 0. The molecule has 0 heterocycles. The Hall–Kier alpha value is -0.250. The van der Waals surface area contributed by atoms with Crippen LogP contribution in [0, 0.1) is 5.92 Å². The molecule has 1 saturated carbocycles. The number of nitrogens with one attached hydrogen (secondary N) is 1. The van der Waals surface area contributed by atoms with Gasteiger partial charge < -0.3 is 5.32 Å². The summed E-state index contributed by atoms with van der Waals surface area (Å²) in [5, 5.41) is 2.88. The molecule has 0 aromatic rings. The van der Waals surface area contributed by atoms with Crippen LogP contribution < -0.4 is 5.32 Å². The molecule has 12 heavy (non-hydrogen) atoms. The maximum Gasteiger partial charge on any atom is 0.390 e. The molecule has 0 aliphatic heterocycles. The molecular formula is C8H14F3N. The van der Waals surface area contributed by atoms with E-state index in [2.05, 4.69) is 5.32 Å². The molecule has 0 aromatic heterocycles. The second-order valence-electron chi connectivity index (χ2n) is 3.45. The number of hydrogen-bond acceptors (Lipinski definition) is 1. The van der Waals surface area contributed by atoms with Crippen molar-refractivity contribution in [3.63, 3.8) is 0 Å². The first-order valence-corrected chi connectivity index (χ1v) is 4.29. The van der Waals surface area contributed by atoms with Crippen LogP contribution in [0.2, 0.25) is 0 Å². The van der Waals surface area contributed by atoms with Crippen LogP contribution in [0.1, 0.15) is 26.2 Å². The minimum atomic E-state index is -4.02. The van der Waals surface area contributed by atoms with Crippen molar-refractivity contribution in [2.24, 2.45) is 5.92 Å². The molecule has 1 aliphatic rings. The zero-order valence-electron chi connectivity index (χ0n) is 7.12. The van der Waals surface area contributed by atoms with Gasteiger partial charge in [-0.1, -0.05) is 0 Å². The highest BCUT2D eigenvalue weighted by atomic mass is 19.4. The summed E-state index contributed by atoms with van der Waals surface area (Å²) in [6.45, 7) is 2.01. The van der Waals surface area contributed by atoms with Crippen molar-refractivity contribution in [1.82, 2.24) is 5.32 Å². The van der Waals surface area contributed by atoms with Crippen molar-refractivity contribution in [1.29, 1.82) is 0 Å². The summed E-state index contributed by atoms with van der Waals surface area (Å²) in [4.78, 5) is 0. The predicted octanol–water partition coefficient (Wildman–Crippen LogP) is 2.33. The summed E-state index contributed by atoms with van der Waals surface area (Å²) < 4.78 is 35.0. The first kappa shape index (κ1) is 9.84. The maximum absolute atomic E-state index is 11.7. The molecule has 0 spiro atoms. The van der Waals surface area contributed by atoms with Crippen LogP contribution in [0.15, 0.2) is 0 Å². The van der Waals surface area contributed by atoms with Gasteiger partial charge in [0.25, 0.3) is 0 Å². The van der Waals surface area contributed by atoms with Crippen molar-refractivity contribution in [2.75, 3.05) is 6.54 Å². The van der Waals surface area contributed by atoms with Crippen molar-refractivity contribution in [2.45, 2.75) is 38.4 Å². The Morgan fingerprint density at radius 2 is 2.00 bits per heavy atom. The van der Waals surface area contributed by atoms with E-state index in [1.807, 2.05) is 6.92 Å². The third-order valence-corrected chi connectivity index (χ3v) is 2.20. The molecule has 0 aromatic carbocycles. The smallest absolute Gasteiger partial charge is 0.314 e. The molecule has 0 radical (unpaired) electrons. The van der Waals surface area contributed by atoms with Crippen molar-refractivity contribution >= 4 is 0 Å². The lowest BCUT2D eigenvalue weighted by atomic mass is 10.2. The van der Waals surface area contributed by atoms with Crippen LogP contribution in [0.5, 0.6) is 0 Å². The summed E-state index contributed by atoms with van der Waals surface area (Å²) in [5.74, 6) is 0.623. The number of halogens is 3. The zero-order chi connectivity index (χ0) is 9.19. The van der Waals surface area contributed by atoms with E-state index in [0.29, 0.717) is 5.92 Å². The Balaban J connectivity index is 2.01. The predicted molar refractivity (Wildman–Crippen MR) is 40.9 cm³/mol. The Morgan fingerprint density at radius 1 is 1.42 bits per heavy atom. The summed E-state index contributed by atoms with van der Waals surface area (Å²) in [6.07, 6.45) is -2.40. The molecule has 1 aliphatic carbocycles. The molecule has 1 N–H and O–H groups in total. The first-order chi connectivity index (χ1) is 5.49. The molecule has 72 valence electrons. The average Bonchev–Trinajstić information content (AvgIpc) is 2.64. The van der Waals surface area contributed by atoms with E-state index >= 15 is 0 Å². The monoisotopic (exact) mass is 181 g/mol. The van der Waals surface area contributed by atoms with Crippen molar-refractivity contribution in [3.05, 3.63) is 0 Å². The second-order valence-corrected chi connectivity index (χ2v) is 3.45. The van der Waals surface area contributed by atoms with Gasteiger partial charge in [-0.15, -0.1) is 0 Å². The van der Waals surface area contributed by atoms with E-state index < -0.39 is 12.6 Å². The quantitative estimate of drug-likeness (QED) is 0.701. The standard InChI is InChI=1S/C8H14F3N/c1-6(7-2-3-7)12-5-4-8(9,10)11/h6-7,12H,2-5H2,1H3. The highest BCUT2D eigenvalue weighted by Crippen LogP contribution is 2.32. The fourth-order valence-corrected chi connectivity index (χ4v) is 1.20. The molecule has 0 amide bonds. The van der Waals surface area contributed by atoms with Gasteiger partial charge in [0.05, 0.1) is 6.42 Å². The van der Waals surface area contributed by atoms with Crippen LogP contribution in [-0.4, -0.2) is 18.8 Å². The van der Waals surface area contributed by atoms with Gasteiger partial charge in [0.1, 0.15) is 0 Å². The molecule has 1 fully saturated rings. The zero-order valence-corrected chi connectivity index (χ0v) is 7.12. The maximum atomic E-state index is 11.7. The molecule has 4 heteroatoms. The molecule has 1 nitrogen and oxygen atoms in total. The van der Waals surface area contributed by atoms with Crippen LogP contribution in [-0.2, 0) is 0 Å². The van der Waals surface area contributed by atoms with E-state index in [4.69, 9.17) is 0 Å². The van der Waals surface area contributed by atoms with E-state index in [1.165, 1.54) is 12.8 Å². The second kappa shape index (κ2) is 3.64. The van der Waals surface area contributed by atoms with Gasteiger partial charge in [-0.05, 0) is 25.7 Å². The SMILES string of the molecule is CC(NCCC(F)(F)F)C1CC1. The summed E-state index contributed by atoms with van der Waals surface area (Å²) >= 11 is 0. The topological polar surface area (TPSA) is 12.0 Å². The van der Waals surface area contributed by atoms with Gasteiger partial charge in [-0.25, -0.2) is 0 Å². The number of hydrogen-bond donors (Lipinski definition) is 1. The Bertz CT molecular complexity index is 140. The summed E-state index contributed by atoms with van der Waals surface area (Å²) in [6, 6.07) is 0.257. The third kappa shape index (κ3) is 3.95. The third-order valence-electron chi connectivity index (χ3n) is 2.20. The van der Waals surface area contributed by atoms with Gasteiger partial charge in [0.2, 0.25) is 0 Å². The van der Waals surface area contributed by atoms with Gasteiger partial charge in [-0.2, -0.15) is 13.2 Å². The Morgan fingerprint density at radius 3 is 2.42 bits per heavy atom. The minimum absolute atomic E-state index is 0.0567. The van der Waals surface area contributed by atoms with Gasteiger partial charge in [-0.3, -0.25) is 0 Å². The number of alkyl halides is 3. The highest BCUT2D eigenvalue weighted by molar-refractivity contribution is 4.83. The van der Waals surface area contributed by atoms with E-state index in [-0.39, 0.29) is 12.6 Å². The Kier molecular flexibility index (Phi) is 2.99. The molecule has 1 unspecified atom stereocenters. The fourth-order valence-electron chi connectivity index (χ4n) is 1.20. The van der Waals surface area contributed by atoms with Gasteiger partial charge >= 0.3 is 6.18 Å². The van der Waals surface area contributed by atoms with Gasteiger partial charge in [0, 0.05) is 12.6 Å². The van der Waals surface area contributed by atoms with Gasteiger partial charge in [0.15, 0.2) is 0 Å². The highest BCUT2D eigenvalue weighted by Gasteiger charge is 2.30. The van der Waals surface area contributed by atoms with Crippen LogP contribution in [0.25, 0.3) is 0 Å². The molecule has 0 saturated heterocycles. The van der Waals surface area contributed by atoms with Crippen molar-refractivity contribution < 1.29 is 13.2 Å². The largest absolute Gasteiger partial charge is 0.390 e. The van der Waals surface area contributed by atoms with E-state index in [1.54, 1.807) is 0 Å². The number of rotatable bonds is 4. The molecular weight excluding hydrogens is 167 g/mol. The minimum Gasteiger partial charge on any atom is -0.314 e. The molecule has 0 bridgehead atoms. The van der Waals surface area contributed by atoms with E-state index in [9.17, 15) is 13.2 Å². The summed E-state index contributed by atoms with van der Waals surface area (Å²) in [7, 11) is 0. The first-order valence-electron chi connectivity index (χ1n) is 4.29. The average molecular weight is 181 g/mol. The molecule has 1 atom stereocenters. The molecule has 1 rings (SSSR count). The lowest BCUT2D eigenvalue weighted by Gasteiger charge is -2.13.